The van der Waals surface area contributed by atoms with Gasteiger partial charge in [-0.15, -0.1) is 0 Å². The number of aromatic nitrogens is 5. The topological polar surface area (TPSA) is 141 Å². The van der Waals surface area contributed by atoms with Crippen LogP contribution in [0.2, 0.25) is 0 Å². The van der Waals surface area contributed by atoms with E-state index in [1.54, 1.807) is 6.42 Å². The van der Waals surface area contributed by atoms with Crippen LogP contribution in [0, 0.1) is 18.3 Å². The standard InChI is InChI=1S/C52H61N8O4/c1-32(2)29-45(61)59-26-9-11-43(59)48-53-30-41(55-48)35-15-13-34(14-16-35)40-25-28-58(47(40)37-17-21-38(22-18-37)52(5,6)7)39-23-19-36(20-24-39)42-31-54-49(56-42)44-12-10-27-60(44)50(62)46(33(3)4)57-51(63)64-8/h13-25,28-33,43-44,46H,9-12,26-27H2,1-8H3,(H,53,55)(H,54,56)(H,57,63)/t43-,44-,46-/m0/s1. The molecule has 2 fully saturated rings. The molecule has 2 aliphatic rings. The fourth-order valence-electron chi connectivity index (χ4n) is 9.12. The molecule has 1 radical (unpaired) electrons. The van der Waals surface area contributed by atoms with Crippen molar-refractivity contribution in [2.24, 2.45) is 11.8 Å². The molecule has 3 atom stereocenters. The maximum Gasteiger partial charge on any atom is 0.407 e. The number of rotatable bonds is 12. The number of aromatic amines is 2. The Hall–Kier alpha value is -6.43. The zero-order valence-electron chi connectivity index (χ0n) is 38.3. The summed E-state index contributed by atoms with van der Waals surface area (Å²) in [7, 11) is 1.30. The first kappa shape index (κ1) is 44.2. The SMILES string of the molecule is COC(=O)N[C@H](C(=O)N1CCC[C@H]1c1nc(-c2ccc(-n3ccc(-c4ccc(-c5c[nH]c([C@@H]6CCCN6C(=O)[CH]C(C)C)n5)cc4)c3-c3ccc(C(C)(C)C)cc3)cc2)c[nH]1)C(C)C. The highest BCUT2D eigenvalue weighted by atomic mass is 16.5. The monoisotopic (exact) mass is 861 g/mol. The Kier molecular flexibility index (Phi) is 12.7. The summed E-state index contributed by atoms with van der Waals surface area (Å²) in [6, 6.07) is 27.1. The summed E-state index contributed by atoms with van der Waals surface area (Å²) in [5.41, 5.74) is 10.3. The van der Waals surface area contributed by atoms with Gasteiger partial charge in [0.05, 0.1) is 42.7 Å². The van der Waals surface area contributed by atoms with Gasteiger partial charge < -0.3 is 34.4 Å². The van der Waals surface area contributed by atoms with Crippen molar-refractivity contribution in [1.82, 2.24) is 39.6 Å². The predicted octanol–water partition coefficient (Wildman–Crippen LogP) is 10.5. The molecule has 12 heteroatoms. The van der Waals surface area contributed by atoms with E-state index in [-0.39, 0.29) is 41.1 Å². The molecule has 0 bridgehead atoms. The zero-order valence-corrected chi connectivity index (χ0v) is 38.3. The Labute approximate surface area is 376 Å². The lowest BCUT2D eigenvalue weighted by Gasteiger charge is -2.29. The first-order chi connectivity index (χ1) is 30.7. The van der Waals surface area contributed by atoms with Gasteiger partial charge in [0.15, 0.2) is 0 Å². The summed E-state index contributed by atoms with van der Waals surface area (Å²) < 4.78 is 7.05. The molecular formula is C52H61N8O4. The average Bonchev–Trinajstić information content (AvgIpc) is 4.14. The molecule has 0 spiro atoms. The lowest BCUT2D eigenvalue weighted by Crippen LogP contribution is -2.51. The van der Waals surface area contributed by atoms with E-state index < -0.39 is 12.1 Å². The van der Waals surface area contributed by atoms with Crippen LogP contribution in [0.5, 0.6) is 0 Å². The van der Waals surface area contributed by atoms with Gasteiger partial charge in [-0.2, -0.15) is 0 Å². The van der Waals surface area contributed by atoms with Gasteiger partial charge in [0.25, 0.3) is 0 Å². The first-order valence-corrected chi connectivity index (χ1v) is 22.6. The van der Waals surface area contributed by atoms with Crippen molar-refractivity contribution in [3.8, 4) is 50.6 Å². The molecule has 3 amide bonds. The molecule has 0 unspecified atom stereocenters. The van der Waals surface area contributed by atoms with E-state index in [0.29, 0.717) is 6.54 Å². The van der Waals surface area contributed by atoms with Crippen molar-refractivity contribution in [3.05, 3.63) is 121 Å². The number of nitrogens with zero attached hydrogens (tertiary/aromatic N) is 5. The minimum atomic E-state index is -0.693. The van der Waals surface area contributed by atoms with E-state index in [4.69, 9.17) is 14.7 Å². The van der Waals surface area contributed by atoms with E-state index in [2.05, 4.69) is 126 Å². The molecule has 12 nitrogen and oxygen atoms in total. The molecule has 8 rings (SSSR count). The number of likely N-dealkylation sites (tertiary alicyclic amines) is 2. The van der Waals surface area contributed by atoms with Gasteiger partial charge >= 0.3 is 6.09 Å². The molecule has 333 valence electrons. The molecule has 2 saturated heterocycles. The van der Waals surface area contributed by atoms with Crippen LogP contribution in [-0.2, 0) is 19.7 Å². The number of nitrogens with one attached hydrogen (secondary N) is 3. The van der Waals surface area contributed by atoms with E-state index in [9.17, 15) is 14.4 Å². The molecule has 6 aromatic rings. The molecule has 0 aliphatic carbocycles. The van der Waals surface area contributed by atoms with Crippen molar-refractivity contribution in [1.29, 1.82) is 0 Å². The highest BCUT2D eigenvalue weighted by molar-refractivity contribution is 5.87. The number of ether oxygens (including phenoxy) is 1. The zero-order chi connectivity index (χ0) is 45.3. The van der Waals surface area contributed by atoms with Crippen molar-refractivity contribution >= 4 is 17.9 Å². The number of hydrogen-bond acceptors (Lipinski definition) is 6. The maximum atomic E-state index is 13.7. The van der Waals surface area contributed by atoms with Gasteiger partial charge in [-0.1, -0.05) is 109 Å². The smallest absolute Gasteiger partial charge is 0.407 e. The van der Waals surface area contributed by atoms with E-state index in [1.165, 1.54) is 12.7 Å². The van der Waals surface area contributed by atoms with E-state index >= 15 is 0 Å². The summed E-state index contributed by atoms with van der Waals surface area (Å²) >= 11 is 0. The average molecular weight is 862 g/mol. The lowest BCUT2D eigenvalue weighted by atomic mass is 9.86. The predicted molar refractivity (Wildman–Crippen MR) is 251 cm³/mol. The van der Waals surface area contributed by atoms with Crippen LogP contribution in [0.25, 0.3) is 50.6 Å². The van der Waals surface area contributed by atoms with Crippen LogP contribution in [0.1, 0.15) is 103 Å². The summed E-state index contributed by atoms with van der Waals surface area (Å²) in [6.45, 7) is 15.9. The summed E-state index contributed by atoms with van der Waals surface area (Å²) in [6.07, 6.45) is 10.6. The fourth-order valence-corrected chi connectivity index (χ4v) is 9.12. The molecule has 0 saturated carbocycles. The Balaban J connectivity index is 1.05. The number of methoxy groups -OCH3 is 1. The van der Waals surface area contributed by atoms with Crippen molar-refractivity contribution < 1.29 is 19.1 Å². The lowest BCUT2D eigenvalue weighted by molar-refractivity contribution is -0.135. The number of benzene rings is 3. The van der Waals surface area contributed by atoms with Gasteiger partial charge in [0, 0.05) is 54.1 Å². The second-order valence-electron chi connectivity index (χ2n) is 18.9. The minimum absolute atomic E-state index is 0.0230. The van der Waals surface area contributed by atoms with E-state index in [1.807, 2.05) is 49.9 Å². The molecule has 5 heterocycles. The normalized spacial score (nSPS) is 17.1. The summed E-state index contributed by atoms with van der Waals surface area (Å²) in [5.74, 6) is 1.59. The van der Waals surface area contributed by atoms with Gasteiger partial charge in [0.1, 0.15) is 17.7 Å². The number of carbonyl (C=O) groups is 3. The van der Waals surface area contributed by atoms with Crippen LogP contribution in [0.4, 0.5) is 4.79 Å². The van der Waals surface area contributed by atoms with Crippen LogP contribution < -0.4 is 5.32 Å². The third kappa shape index (κ3) is 9.14. The van der Waals surface area contributed by atoms with Gasteiger partial charge in [-0.3, -0.25) is 9.59 Å². The number of imidazole rings is 2. The Morgan fingerprint density at radius 2 is 1.27 bits per heavy atom. The van der Waals surface area contributed by atoms with Crippen molar-refractivity contribution in [3.63, 3.8) is 0 Å². The van der Waals surface area contributed by atoms with Crippen LogP contribution in [0.3, 0.4) is 0 Å². The molecule has 3 aromatic heterocycles. The Bertz CT molecular complexity index is 2580. The number of amides is 3. The van der Waals surface area contributed by atoms with Crippen molar-refractivity contribution in [2.45, 2.75) is 97.7 Å². The summed E-state index contributed by atoms with van der Waals surface area (Å²) in [5, 5.41) is 2.72. The number of hydrogen-bond donors (Lipinski definition) is 3. The van der Waals surface area contributed by atoms with Crippen LogP contribution >= 0.6 is 0 Å². The third-order valence-corrected chi connectivity index (χ3v) is 12.6. The highest BCUT2D eigenvalue weighted by Crippen LogP contribution is 2.39. The quantitative estimate of drug-likeness (QED) is 0.112. The van der Waals surface area contributed by atoms with Gasteiger partial charge in [0.2, 0.25) is 11.8 Å². The number of H-pyrrole nitrogens is 2. The molecule has 3 aromatic carbocycles. The van der Waals surface area contributed by atoms with E-state index in [0.717, 1.165) is 94.5 Å². The number of alkyl carbamates (subject to hydrolysis) is 1. The third-order valence-electron chi connectivity index (χ3n) is 12.6. The fraction of sp³-hybridized carbons (Fsp3) is 0.385. The molecular weight excluding hydrogens is 801 g/mol. The molecule has 64 heavy (non-hydrogen) atoms. The van der Waals surface area contributed by atoms with Gasteiger partial charge in [-0.25, -0.2) is 14.8 Å². The van der Waals surface area contributed by atoms with Gasteiger partial charge in [-0.05, 0) is 77.8 Å². The Morgan fingerprint density at radius 3 is 1.81 bits per heavy atom. The maximum absolute atomic E-state index is 13.7. The largest absolute Gasteiger partial charge is 0.453 e. The van der Waals surface area contributed by atoms with Crippen LogP contribution in [0.15, 0.2) is 97.5 Å². The van der Waals surface area contributed by atoms with Crippen LogP contribution in [-0.4, -0.2) is 78.5 Å². The van der Waals surface area contributed by atoms with Crippen molar-refractivity contribution in [2.75, 3.05) is 20.2 Å². The first-order valence-electron chi connectivity index (χ1n) is 22.6. The molecule has 3 N–H and O–H groups in total. The highest BCUT2D eigenvalue weighted by Gasteiger charge is 2.38. The number of carbonyl (C=O) groups excluding carboxylic acids is 3. The Morgan fingerprint density at radius 1 is 0.734 bits per heavy atom. The minimum Gasteiger partial charge on any atom is -0.453 e. The molecule has 2 aliphatic heterocycles. The summed E-state index contributed by atoms with van der Waals surface area (Å²) in [4.78, 5) is 59.3. The second-order valence-corrected chi connectivity index (χ2v) is 18.9. The second kappa shape index (κ2) is 18.3.